The molecule has 2 rings (SSSR count). The summed E-state index contributed by atoms with van der Waals surface area (Å²) in [7, 11) is 0. The molecule has 1 atom stereocenters. The Labute approximate surface area is 66.4 Å². The lowest BCUT2D eigenvalue weighted by atomic mass is 10.0. The second-order valence-corrected chi connectivity index (χ2v) is 2.90. The monoisotopic (exact) mass is 151 g/mol. The molecule has 1 aromatic heterocycles. The third-order valence-corrected chi connectivity index (χ3v) is 2.27. The molecule has 3 heteroatoms. The smallest absolute Gasteiger partial charge is 0.0948 e. The zero-order valence-electron chi connectivity index (χ0n) is 6.75. The molecule has 1 saturated heterocycles. The summed E-state index contributed by atoms with van der Waals surface area (Å²) in [5, 5.41) is 3.36. The van der Waals surface area contributed by atoms with Crippen LogP contribution in [0.2, 0.25) is 0 Å². The Kier molecular flexibility index (Phi) is 1.66. The maximum absolute atomic E-state index is 4.12. The van der Waals surface area contributed by atoms with Crippen LogP contribution < -0.4 is 5.32 Å². The van der Waals surface area contributed by atoms with E-state index in [1.807, 2.05) is 12.5 Å². The van der Waals surface area contributed by atoms with E-state index in [9.17, 15) is 0 Å². The van der Waals surface area contributed by atoms with Crippen LogP contribution in [0.15, 0.2) is 12.5 Å². The van der Waals surface area contributed by atoms with Crippen LogP contribution in [0.4, 0.5) is 0 Å². The van der Waals surface area contributed by atoms with Gasteiger partial charge in [-0.15, -0.1) is 0 Å². The Hall–Kier alpha value is -0.830. The highest BCUT2D eigenvalue weighted by Gasteiger charge is 2.20. The van der Waals surface area contributed by atoms with E-state index >= 15 is 0 Å². The maximum atomic E-state index is 4.12. The van der Waals surface area contributed by atoms with E-state index in [1.54, 1.807) is 0 Å². The number of hydrogen-bond acceptors (Lipinski definition) is 2. The van der Waals surface area contributed by atoms with Gasteiger partial charge in [0.05, 0.1) is 18.1 Å². The summed E-state index contributed by atoms with van der Waals surface area (Å²) in [6.07, 6.45) is 5.11. The first-order valence-corrected chi connectivity index (χ1v) is 4.15. The Morgan fingerprint density at radius 2 is 2.64 bits per heavy atom. The fourth-order valence-corrected chi connectivity index (χ4v) is 1.43. The normalized spacial score (nSPS) is 23.2. The van der Waals surface area contributed by atoms with E-state index in [0.717, 1.165) is 13.1 Å². The molecule has 0 saturated carbocycles. The highest BCUT2D eigenvalue weighted by Crippen LogP contribution is 2.21. The van der Waals surface area contributed by atoms with Gasteiger partial charge in [0.25, 0.3) is 0 Å². The zero-order valence-corrected chi connectivity index (χ0v) is 6.75. The van der Waals surface area contributed by atoms with Gasteiger partial charge in [-0.3, -0.25) is 0 Å². The SMILES string of the molecule is CCn1cncc1C1CCN1. The van der Waals surface area contributed by atoms with Crippen molar-refractivity contribution in [2.75, 3.05) is 6.54 Å². The maximum Gasteiger partial charge on any atom is 0.0948 e. The van der Waals surface area contributed by atoms with Crippen LogP contribution in [-0.4, -0.2) is 16.1 Å². The summed E-state index contributed by atoms with van der Waals surface area (Å²) >= 11 is 0. The summed E-state index contributed by atoms with van der Waals surface area (Å²) in [5.74, 6) is 0. The first-order chi connectivity index (χ1) is 5.42. The van der Waals surface area contributed by atoms with Crippen molar-refractivity contribution in [3.8, 4) is 0 Å². The van der Waals surface area contributed by atoms with Crippen LogP contribution >= 0.6 is 0 Å². The van der Waals surface area contributed by atoms with Gasteiger partial charge in [-0.25, -0.2) is 4.98 Å². The molecule has 1 aliphatic heterocycles. The number of nitrogens with one attached hydrogen (secondary N) is 1. The predicted molar refractivity (Wildman–Crippen MR) is 43.3 cm³/mol. The van der Waals surface area contributed by atoms with Crippen molar-refractivity contribution >= 4 is 0 Å². The molecule has 1 aromatic rings. The van der Waals surface area contributed by atoms with Crippen LogP contribution in [0, 0.1) is 0 Å². The van der Waals surface area contributed by atoms with Gasteiger partial charge in [-0.1, -0.05) is 0 Å². The van der Waals surface area contributed by atoms with Crippen LogP contribution in [0.3, 0.4) is 0 Å². The van der Waals surface area contributed by atoms with Gasteiger partial charge in [0.2, 0.25) is 0 Å². The minimum Gasteiger partial charge on any atom is -0.333 e. The predicted octanol–water partition coefficient (Wildman–Crippen LogP) is 0.937. The van der Waals surface area contributed by atoms with Crippen molar-refractivity contribution in [3.05, 3.63) is 18.2 Å². The summed E-state index contributed by atoms with van der Waals surface area (Å²) in [6.45, 7) is 4.32. The minimum atomic E-state index is 0.567. The Bertz CT molecular complexity index is 237. The number of hydrogen-bond donors (Lipinski definition) is 1. The molecule has 1 aliphatic rings. The molecular weight excluding hydrogens is 138 g/mol. The van der Waals surface area contributed by atoms with Crippen molar-refractivity contribution in [3.63, 3.8) is 0 Å². The molecule has 0 spiro atoms. The number of aryl methyl sites for hydroxylation is 1. The van der Waals surface area contributed by atoms with Gasteiger partial charge in [0.1, 0.15) is 0 Å². The quantitative estimate of drug-likeness (QED) is 0.681. The van der Waals surface area contributed by atoms with Gasteiger partial charge in [-0.2, -0.15) is 0 Å². The van der Waals surface area contributed by atoms with E-state index < -0.39 is 0 Å². The van der Waals surface area contributed by atoms with Crippen LogP contribution in [0.1, 0.15) is 25.1 Å². The van der Waals surface area contributed by atoms with Crippen molar-refractivity contribution in [2.24, 2.45) is 0 Å². The fraction of sp³-hybridized carbons (Fsp3) is 0.625. The molecule has 11 heavy (non-hydrogen) atoms. The molecule has 0 aromatic carbocycles. The van der Waals surface area contributed by atoms with E-state index in [2.05, 4.69) is 21.8 Å². The van der Waals surface area contributed by atoms with Gasteiger partial charge in [-0.05, 0) is 19.9 Å². The zero-order chi connectivity index (χ0) is 7.68. The van der Waals surface area contributed by atoms with Gasteiger partial charge >= 0.3 is 0 Å². The second kappa shape index (κ2) is 2.66. The molecule has 1 N–H and O–H groups in total. The fourth-order valence-electron chi connectivity index (χ4n) is 1.43. The summed E-state index contributed by atoms with van der Waals surface area (Å²) in [5.41, 5.74) is 1.33. The van der Waals surface area contributed by atoms with E-state index in [4.69, 9.17) is 0 Å². The molecule has 0 radical (unpaired) electrons. The number of nitrogens with zero attached hydrogens (tertiary/aromatic N) is 2. The minimum absolute atomic E-state index is 0.567. The highest BCUT2D eigenvalue weighted by molar-refractivity contribution is 5.08. The van der Waals surface area contributed by atoms with Crippen molar-refractivity contribution in [1.82, 2.24) is 14.9 Å². The Morgan fingerprint density at radius 1 is 1.82 bits per heavy atom. The largest absolute Gasteiger partial charge is 0.333 e. The summed E-state index contributed by atoms with van der Waals surface area (Å²) in [6, 6.07) is 0.567. The lowest BCUT2D eigenvalue weighted by molar-refractivity contribution is 0.364. The van der Waals surface area contributed by atoms with Crippen molar-refractivity contribution in [1.29, 1.82) is 0 Å². The van der Waals surface area contributed by atoms with Crippen molar-refractivity contribution < 1.29 is 0 Å². The molecule has 3 nitrogen and oxygen atoms in total. The van der Waals surface area contributed by atoms with Crippen LogP contribution in [-0.2, 0) is 6.54 Å². The second-order valence-electron chi connectivity index (χ2n) is 2.90. The van der Waals surface area contributed by atoms with Crippen LogP contribution in [0.5, 0.6) is 0 Å². The number of imidazole rings is 1. The molecular formula is C8H13N3. The molecule has 0 aliphatic carbocycles. The van der Waals surface area contributed by atoms with Gasteiger partial charge in [0.15, 0.2) is 0 Å². The molecule has 1 unspecified atom stereocenters. The number of rotatable bonds is 2. The van der Waals surface area contributed by atoms with E-state index in [-0.39, 0.29) is 0 Å². The van der Waals surface area contributed by atoms with Crippen LogP contribution in [0.25, 0.3) is 0 Å². The Balaban J connectivity index is 2.20. The molecule has 60 valence electrons. The van der Waals surface area contributed by atoms with Gasteiger partial charge in [0, 0.05) is 12.7 Å². The average Bonchev–Trinajstić information content (AvgIpc) is 2.32. The Morgan fingerprint density at radius 3 is 3.18 bits per heavy atom. The molecule has 2 heterocycles. The molecule has 1 fully saturated rings. The average molecular weight is 151 g/mol. The van der Waals surface area contributed by atoms with E-state index in [0.29, 0.717) is 6.04 Å². The summed E-state index contributed by atoms with van der Waals surface area (Å²) in [4.78, 5) is 4.12. The standard InChI is InChI=1S/C8H13N3/c1-2-11-6-9-5-8(11)7-3-4-10-7/h5-7,10H,2-4H2,1H3. The topological polar surface area (TPSA) is 29.9 Å². The summed E-state index contributed by atoms with van der Waals surface area (Å²) < 4.78 is 2.19. The van der Waals surface area contributed by atoms with E-state index in [1.165, 1.54) is 12.1 Å². The molecule has 0 amide bonds. The highest BCUT2D eigenvalue weighted by atomic mass is 15.1. The third-order valence-electron chi connectivity index (χ3n) is 2.27. The number of aromatic nitrogens is 2. The third kappa shape index (κ3) is 1.05. The van der Waals surface area contributed by atoms with Gasteiger partial charge < -0.3 is 9.88 Å². The lowest BCUT2D eigenvalue weighted by Crippen LogP contribution is -2.36. The first-order valence-electron chi connectivity index (χ1n) is 4.15. The first kappa shape index (κ1) is 6.85. The van der Waals surface area contributed by atoms with Crippen molar-refractivity contribution in [2.45, 2.75) is 25.9 Å². The molecule has 0 bridgehead atoms. The lowest BCUT2D eigenvalue weighted by Gasteiger charge is -2.28.